The predicted octanol–water partition coefficient (Wildman–Crippen LogP) is 0.306. The Kier molecular flexibility index (Phi) is 2.51. The molecule has 0 radical (unpaired) electrons. The first-order valence-electron chi connectivity index (χ1n) is 5.41. The second kappa shape index (κ2) is 3.46. The minimum Gasteiger partial charge on any atom is -0.550 e. The molecule has 1 saturated carbocycles. The zero-order chi connectivity index (χ0) is 11.1. The van der Waals surface area contributed by atoms with Crippen LogP contribution >= 0.6 is 0 Å². The maximum Gasteiger partial charge on any atom is 0.168 e. The average Bonchev–Trinajstić information content (AvgIpc) is 2.56. The first kappa shape index (κ1) is 10.9. The van der Waals surface area contributed by atoms with Crippen LogP contribution in [0.5, 0.6) is 0 Å². The molecule has 86 valence electrons. The highest BCUT2D eigenvalue weighted by Gasteiger charge is 2.46. The van der Waals surface area contributed by atoms with Gasteiger partial charge in [0.05, 0.1) is 13.2 Å². The van der Waals surface area contributed by atoms with E-state index in [0.717, 1.165) is 0 Å². The number of ether oxygens (including phenoxy) is 2. The van der Waals surface area contributed by atoms with E-state index in [1.807, 2.05) is 0 Å². The topological polar surface area (TPSA) is 58.6 Å². The summed E-state index contributed by atoms with van der Waals surface area (Å²) in [7, 11) is 0. The van der Waals surface area contributed by atoms with Crippen molar-refractivity contribution >= 4 is 5.97 Å². The SMILES string of the molecule is CC1(C)COC2(CCC(C(=O)[O-])C2)OC1. The number of hydrogen-bond acceptors (Lipinski definition) is 4. The van der Waals surface area contributed by atoms with Crippen molar-refractivity contribution in [2.45, 2.75) is 38.9 Å². The van der Waals surface area contributed by atoms with Gasteiger partial charge in [0.15, 0.2) is 5.79 Å². The number of carboxylic acid groups (broad SMARTS) is 1. The van der Waals surface area contributed by atoms with Crippen LogP contribution in [0.3, 0.4) is 0 Å². The Bertz CT molecular complexity index is 262. The number of aliphatic carboxylic acids is 1. The van der Waals surface area contributed by atoms with Crippen molar-refractivity contribution in [2.24, 2.45) is 11.3 Å². The maximum atomic E-state index is 10.7. The van der Waals surface area contributed by atoms with E-state index < -0.39 is 17.7 Å². The lowest BCUT2D eigenvalue weighted by atomic mass is 9.94. The van der Waals surface area contributed by atoms with Crippen molar-refractivity contribution in [3.63, 3.8) is 0 Å². The average molecular weight is 213 g/mol. The highest BCUT2D eigenvalue weighted by Crippen LogP contribution is 2.42. The summed E-state index contributed by atoms with van der Waals surface area (Å²) in [5.41, 5.74) is 0.0325. The number of hydrogen-bond donors (Lipinski definition) is 0. The Hall–Kier alpha value is -0.610. The van der Waals surface area contributed by atoms with Gasteiger partial charge in [0, 0.05) is 30.1 Å². The molecule has 1 aliphatic heterocycles. The molecule has 0 aromatic carbocycles. The summed E-state index contributed by atoms with van der Waals surface area (Å²) in [6.07, 6.45) is 1.70. The molecule has 4 heteroatoms. The largest absolute Gasteiger partial charge is 0.550 e. The smallest absolute Gasteiger partial charge is 0.168 e. The van der Waals surface area contributed by atoms with Crippen molar-refractivity contribution in [3.8, 4) is 0 Å². The molecule has 4 nitrogen and oxygen atoms in total. The zero-order valence-corrected chi connectivity index (χ0v) is 9.25. The summed E-state index contributed by atoms with van der Waals surface area (Å²) in [5, 5.41) is 10.7. The van der Waals surface area contributed by atoms with Crippen molar-refractivity contribution in [1.29, 1.82) is 0 Å². The zero-order valence-electron chi connectivity index (χ0n) is 9.25. The first-order chi connectivity index (χ1) is 6.93. The van der Waals surface area contributed by atoms with E-state index in [1.165, 1.54) is 0 Å². The lowest BCUT2D eigenvalue weighted by Crippen LogP contribution is -2.46. The molecule has 0 aromatic heterocycles. The molecule has 0 N–H and O–H groups in total. The minimum absolute atomic E-state index is 0.0325. The van der Waals surface area contributed by atoms with E-state index in [1.54, 1.807) is 0 Å². The van der Waals surface area contributed by atoms with Crippen molar-refractivity contribution < 1.29 is 19.4 Å². The van der Waals surface area contributed by atoms with Crippen LogP contribution in [0.25, 0.3) is 0 Å². The minimum atomic E-state index is -0.982. The van der Waals surface area contributed by atoms with Crippen LogP contribution in [0.4, 0.5) is 0 Å². The van der Waals surface area contributed by atoms with Gasteiger partial charge in [0.2, 0.25) is 0 Å². The monoisotopic (exact) mass is 213 g/mol. The van der Waals surface area contributed by atoms with Crippen molar-refractivity contribution in [2.75, 3.05) is 13.2 Å². The summed E-state index contributed by atoms with van der Waals surface area (Å²) < 4.78 is 11.4. The van der Waals surface area contributed by atoms with Crippen LogP contribution in [0.2, 0.25) is 0 Å². The summed E-state index contributed by atoms with van der Waals surface area (Å²) in [4.78, 5) is 10.7. The molecule has 1 unspecified atom stereocenters. The van der Waals surface area contributed by atoms with Crippen LogP contribution in [-0.4, -0.2) is 25.0 Å². The molecule has 1 heterocycles. The van der Waals surface area contributed by atoms with Crippen LogP contribution in [0.1, 0.15) is 33.1 Å². The number of carboxylic acids is 1. The van der Waals surface area contributed by atoms with E-state index in [-0.39, 0.29) is 5.41 Å². The van der Waals surface area contributed by atoms with E-state index in [4.69, 9.17) is 9.47 Å². The Labute approximate surface area is 89.6 Å². The Morgan fingerprint density at radius 3 is 2.40 bits per heavy atom. The molecular formula is C11H17O4-. The third-order valence-corrected chi connectivity index (χ3v) is 3.22. The van der Waals surface area contributed by atoms with Crippen molar-refractivity contribution in [1.82, 2.24) is 0 Å². The van der Waals surface area contributed by atoms with Gasteiger partial charge in [-0.1, -0.05) is 13.8 Å². The number of rotatable bonds is 1. The summed E-state index contributed by atoms with van der Waals surface area (Å²) in [6, 6.07) is 0. The van der Waals surface area contributed by atoms with Crippen LogP contribution in [0, 0.1) is 11.3 Å². The van der Waals surface area contributed by atoms with Crippen LogP contribution in [0.15, 0.2) is 0 Å². The molecule has 1 atom stereocenters. The van der Waals surface area contributed by atoms with E-state index in [0.29, 0.717) is 32.5 Å². The second-order valence-electron chi connectivity index (χ2n) is 5.41. The van der Waals surface area contributed by atoms with Gasteiger partial charge in [0.1, 0.15) is 0 Å². The quantitative estimate of drug-likeness (QED) is 0.629. The molecule has 2 rings (SSSR count). The fourth-order valence-corrected chi connectivity index (χ4v) is 2.17. The van der Waals surface area contributed by atoms with Gasteiger partial charge in [-0.25, -0.2) is 0 Å². The van der Waals surface area contributed by atoms with E-state index >= 15 is 0 Å². The Morgan fingerprint density at radius 1 is 1.33 bits per heavy atom. The van der Waals surface area contributed by atoms with Crippen molar-refractivity contribution in [3.05, 3.63) is 0 Å². The Morgan fingerprint density at radius 2 is 1.93 bits per heavy atom. The van der Waals surface area contributed by atoms with E-state index in [2.05, 4.69) is 13.8 Å². The lowest BCUT2D eigenvalue weighted by Gasteiger charge is -2.41. The molecule has 0 bridgehead atoms. The Balaban J connectivity index is 1.98. The van der Waals surface area contributed by atoms with Gasteiger partial charge < -0.3 is 19.4 Å². The molecule has 0 aromatic rings. The number of carbonyl (C=O) groups is 1. The fraction of sp³-hybridized carbons (Fsp3) is 0.909. The lowest BCUT2D eigenvalue weighted by molar-refractivity contribution is -0.317. The second-order valence-corrected chi connectivity index (χ2v) is 5.41. The predicted molar refractivity (Wildman–Crippen MR) is 50.8 cm³/mol. The third kappa shape index (κ3) is 2.16. The maximum absolute atomic E-state index is 10.7. The summed E-state index contributed by atoms with van der Waals surface area (Å²) in [5.74, 6) is -2.03. The summed E-state index contributed by atoms with van der Waals surface area (Å²) in [6.45, 7) is 5.41. The first-order valence-corrected chi connectivity index (χ1v) is 5.41. The standard InChI is InChI=1S/C11H18O4/c1-10(2)6-14-11(15-7-10)4-3-8(5-11)9(12)13/h8H,3-7H2,1-2H3,(H,12,13)/p-1. The van der Waals surface area contributed by atoms with Gasteiger partial charge in [-0.2, -0.15) is 0 Å². The van der Waals surface area contributed by atoms with Crippen LogP contribution in [-0.2, 0) is 14.3 Å². The molecule has 1 saturated heterocycles. The number of carbonyl (C=O) groups excluding carboxylic acids is 1. The molecule has 15 heavy (non-hydrogen) atoms. The molecule has 1 aliphatic carbocycles. The van der Waals surface area contributed by atoms with Gasteiger partial charge >= 0.3 is 0 Å². The van der Waals surface area contributed by atoms with Gasteiger partial charge in [-0.3, -0.25) is 0 Å². The summed E-state index contributed by atoms with van der Waals surface area (Å²) >= 11 is 0. The molecule has 2 aliphatic rings. The third-order valence-electron chi connectivity index (χ3n) is 3.22. The van der Waals surface area contributed by atoms with Gasteiger partial charge in [-0.05, 0) is 6.42 Å². The van der Waals surface area contributed by atoms with Crippen LogP contribution < -0.4 is 5.11 Å². The van der Waals surface area contributed by atoms with Gasteiger partial charge in [0.25, 0.3) is 0 Å². The highest BCUT2D eigenvalue weighted by atomic mass is 16.7. The molecule has 1 spiro atoms. The molecular weight excluding hydrogens is 196 g/mol. The molecule has 0 amide bonds. The highest BCUT2D eigenvalue weighted by molar-refractivity contribution is 5.68. The normalized spacial score (nSPS) is 33.1. The fourth-order valence-electron chi connectivity index (χ4n) is 2.17. The van der Waals surface area contributed by atoms with E-state index in [9.17, 15) is 9.90 Å². The molecule has 2 fully saturated rings. The van der Waals surface area contributed by atoms with Gasteiger partial charge in [-0.15, -0.1) is 0 Å².